The molecule has 0 saturated carbocycles. The van der Waals surface area contributed by atoms with Crippen molar-refractivity contribution in [1.29, 1.82) is 0 Å². The lowest BCUT2D eigenvalue weighted by atomic mass is 10.2. The van der Waals surface area contributed by atoms with Gasteiger partial charge in [0.1, 0.15) is 5.65 Å². The van der Waals surface area contributed by atoms with Crippen LogP contribution in [-0.2, 0) is 9.53 Å². The summed E-state index contributed by atoms with van der Waals surface area (Å²) in [6.07, 6.45) is 3.82. The molecule has 0 aliphatic rings. The maximum atomic E-state index is 10.8. The number of nitrogens with one attached hydrogen (secondary N) is 1. The number of carbonyl (C=O) groups is 2. The van der Waals surface area contributed by atoms with Gasteiger partial charge in [0.25, 0.3) is 0 Å². The van der Waals surface area contributed by atoms with E-state index in [-0.39, 0.29) is 0 Å². The van der Waals surface area contributed by atoms with E-state index in [9.17, 15) is 9.59 Å². The van der Waals surface area contributed by atoms with E-state index in [4.69, 9.17) is 0 Å². The van der Waals surface area contributed by atoms with Crippen molar-refractivity contribution in [2.24, 2.45) is 0 Å². The maximum absolute atomic E-state index is 10.8. The van der Waals surface area contributed by atoms with Crippen molar-refractivity contribution in [1.82, 2.24) is 9.97 Å². The first kappa shape index (κ1) is 10.9. The van der Waals surface area contributed by atoms with Crippen LogP contribution in [0.25, 0.3) is 11.0 Å². The fourth-order valence-electron chi connectivity index (χ4n) is 1.36. The molecule has 0 aromatic carbocycles. The Hall–Kier alpha value is -2.61. The number of aldehydes is 1. The number of aromatic nitrogens is 2. The summed E-state index contributed by atoms with van der Waals surface area (Å²) in [7, 11) is 1.26. The second kappa shape index (κ2) is 4.49. The van der Waals surface area contributed by atoms with E-state index < -0.39 is 5.97 Å². The normalized spacial score (nSPS) is 9.47. The zero-order valence-corrected chi connectivity index (χ0v) is 8.98. The third-order valence-corrected chi connectivity index (χ3v) is 2.18. The van der Waals surface area contributed by atoms with Crippen LogP contribution in [0, 0.1) is 11.8 Å². The molecule has 2 aromatic rings. The van der Waals surface area contributed by atoms with Crippen LogP contribution >= 0.6 is 0 Å². The number of hydrogen-bond acceptors (Lipinski definition) is 4. The zero-order chi connectivity index (χ0) is 12.3. The van der Waals surface area contributed by atoms with E-state index in [0.29, 0.717) is 22.2 Å². The highest BCUT2D eigenvalue weighted by Crippen LogP contribution is 2.15. The summed E-state index contributed by atoms with van der Waals surface area (Å²) in [5.74, 6) is 4.29. The van der Waals surface area contributed by atoms with E-state index in [1.807, 2.05) is 0 Å². The molecular formula is C12H8N2O3. The number of pyridine rings is 1. The van der Waals surface area contributed by atoms with Crippen molar-refractivity contribution in [3.63, 3.8) is 0 Å². The first-order chi connectivity index (χ1) is 8.24. The Morgan fingerprint density at radius 3 is 3.12 bits per heavy atom. The van der Waals surface area contributed by atoms with Crippen LogP contribution in [0.2, 0.25) is 0 Å². The Labute approximate surface area is 96.8 Å². The predicted molar refractivity (Wildman–Crippen MR) is 60.4 cm³/mol. The number of carbonyl (C=O) groups excluding carboxylic acids is 2. The molecule has 0 fully saturated rings. The van der Waals surface area contributed by atoms with Crippen LogP contribution in [0.5, 0.6) is 0 Å². The second-order valence-electron chi connectivity index (χ2n) is 3.22. The number of ether oxygens (including phenoxy) is 1. The van der Waals surface area contributed by atoms with Gasteiger partial charge in [0.2, 0.25) is 0 Å². The Morgan fingerprint density at radius 2 is 2.41 bits per heavy atom. The molecule has 5 heteroatoms. The molecule has 0 bridgehead atoms. The lowest BCUT2D eigenvalue weighted by Gasteiger charge is -1.92. The highest BCUT2D eigenvalue weighted by Gasteiger charge is 2.03. The largest absolute Gasteiger partial charge is 0.459 e. The molecule has 0 radical (unpaired) electrons. The van der Waals surface area contributed by atoms with Crippen LogP contribution in [0.1, 0.15) is 15.9 Å². The molecule has 84 valence electrons. The fraction of sp³-hybridized carbons (Fsp3) is 0.0833. The Balaban J connectivity index is 2.45. The number of rotatable bonds is 1. The van der Waals surface area contributed by atoms with Crippen molar-refractivity contribution in [2.75, 3.05) is 7.11 Å². The third kappa shape index (κ3) is 2.16. The van der Waals surface area contributed by atoms with Crippen molar-refractivity contribution in [3.8, 4) is 11.8 Å². The molecule has 0 unspecified atom stereocenters. The molecule has 5 nitrogen and oxygen atoms in total. The van der Waals surface area contributed by atoms with Gasteiger partial charge in [-0.15, -0.1) is 0 Å². The number of esters is 1. The summed E-state index contributed by atoms with van der Waals surface area (Å²) in [6.45, 7) is 0. The molecule has 0 aliphatic heterocycles. The Bertz CT molecular complexity index is 647. The summed E-state index contributed by atoms with van der Waals surface area (Å²) < 4.78 is 4.39. The molecule has 0 atom stereocenters. The molecular weight excluding hydrogens is 220 g/mol. The van der Waals surface area contributed by atoms with E-state index in [1.54, 1.807) is 12.3 Å². The summed E-state index contributed by atoms with van der Waals surface area (Å²) >= 11 is 0. The number of methoxy groups -OCH3 is 1. The maximum Gasteiger partial charge on any atom is 0.384 e. The van der Waals surface area contributed by atoms with Crippen LogP contribution in [0.15, 0.2) is 18.5 Å². The number of H-pyrrole nitrogens is 1. The molecule has 17 heavy (non-hydrogen) atoms. The average molecular weight is 228 g/mol. The SMILES string of the molecule is COC(=O)C#Cc1cnc2[nH]cc(C=O)c2c1. The lowest BCUT2D eigenvalue weighted by molar-refractivity contribution is -0.133. The van der Waals surface area contributed by atoms with Gasteiger partial charge in [0.05, 0.1) is 7.11 Å². The van der Waals surface area contributed by atoms with E-state index in [0.717, 1.165) is 6.29 Å². The molecule has 0 aliphatic carbocycles. The second-order valence-corrected chi connectivity index (χ2v) is 3.22. The van der Waals surface area contributed by atoms with Crippen molar-refractivity contribution < 1.29 is 14.3 Å². The van der Waals surface area contributed by atoms with Gasteiger partial charge in [-0.1, -0.05) is 5.92 Å². The van der Waals surface area contributed by atoms with E-state index in [1.165, 1.54) is 13.3 Å². The molecule has 1 N–H and O–H groups in total. The summed E-state index contributed by atoms with van der Waals surface area (Å²) in [6, 6.07) is 1.69. The van der Waals surface area contributed by atoms with Crippen molar-refractivity contribution in [3.05, 3.63) is 29.6 Å². The topological polar surface area (TPSA) is 72.0 Å². The molecule has 2 aromatic heterocycles. The minimum Gasteiger partial charge on any atom is -0.459 e. The average Bonchev–Trinajstić information content (AvgIpc) is 2.78. The van der Waals surface area contributed by atoms with Gasteiger partial charge >= 0.3 is 5.97 Å². The monoisotopic (exact) mass is 228 g/mol. The Morgan fingerprint density at radius 1 is 1.59 bits per heavy atom. The van der Waals surface area contributed by atoms with E-state index >= 15 is 0 Å². The summed E-state index contributed by atoms with van der Waals surface area (Å²) in [5.41, 5.74) is 1.66. The van der Waals surface area contributed by atoms with Crippen molar-refractivity contribution >= 4 is 23.3 Å². The van der Waals surface area contributed by atoms with Crippen molar-refractivity contribution in [2.45, 2.75) is 0 Å². The fourth-order valence-corrected chi connectivity index (χ4v) is 1.36. The molecule has 0 amide bonds. The number of aromatic amines is 1. The molecule has 0 spiro atoms. The van der Waals surface area contributed by atoms with Gasteiger partial charge in [-0.05, 0) is 6.07 Å². The highest BCUT2D eigenvalue weighted by atomic mass is 16.5. The number of fused-ring (bicyclic) bond motifs is 1. The number of nitrogens with zero attached hydrogens (tertiary/aromatic N) is 1. The van der Waals surface area contributed by atoms with Crippen LogP contribution in [0.4, 0.5) is 0 Å². The van der Waals surface area contributed by atoms with Gasteiger partial charge < -0.3 is 9.72 Å². The Kier molecular flexibility index (Phi) is 2.88. The third-order valence-electron chi connectivity index (χ3n) is 2.18. The first-order valence-corrected chi connectivity index (χ1v) is 4.77. The molecule has 0 saturated heterocycles. The molecule has 2 rings (SSSR count). The molecule has 2 heterocycles. The van der Waals surface area contributed by atoms with Crippen LogP contribution in [0.3, 0.4) is 0 Å². The number of hydrogen-bond donors (Lipinski definition) is 1. The standard InChI is InChI=1S/C12H8N2O3/c1-17-11(16)3-2-8-4-10-9(7-15)6-14-12(10)13-5-8/h4-7H,1H3,(H,13,14). The highest BCUT2D eigenvalue weighted by molar-refractivity contribution is 5.96. The smallest absolute Gasteiger partial charge is 0.384 e. The minimum absolute atomic E-state index is 0.509. The van der Waals surface area contributed by atoms with Gasteiger partial charge in [-0.3, -0.25) is 4.79 Å². The van der Waals surface area contributed by atoms with Crippen LogP contribution < -0.4 is 0 Å². The van der Waals surface area contributed by atoms with Gasteiger partial charge in [-0.2, -0.15) is 0 Å². The lowest BCUT2D eigenvalue weighted by Crippen LogP contribution is -1.94. The minimum atomic E-state index is -0.616. The van der Waals surface area contributed by atoms with Gasteiger partial charge in [-0.25, -0.2) is 9.78 Å². The zero-order valence-electron chi connectivity index (χ0n) is 8.98. The predicted octanol–water partition coefficient (Wildman–Crippen LogP) is 0.900. The van der Waals surface area contributed by atoms with E-state index in [2.05, 4.69) is 26.5 Å². The first-order valence-electron chi connectivity index (χ1n) is 4.77. The quantitative estimate of drug-likeness (QED) is 0.447. The van der Waals surface area contributed by atoms with Crippen LogP contribution in [-0.4, -0.2) is 29.3 Å². The summed E-state index contributed by atoms with van der Waals surface area (Å²) in [5, 5.41) is 0.677. The van der Waals surface area contributed by atoms with Gasteiger partial charge in [0.15, 0.2) is 6.29 Å². The van der Waals surface area contributed by atoms with Gasteiger partial charge in [0, 0.05) is 34.8 Å². The summed E-state index contributed by atoms with van der Waals surface area (Å²) in [4.78, 5) is 28.5.